The van der Waals surface area contributed by atoms with E-state index in [0.717, 1.165) is 0 Å². The largest absolute Gasteiger partial charge is 0.375 e. The number of halogens is 4. The number of hydrogen-bond acceptors (Lipinski definition) is 1. The molecule has 0 amide bonds. The molecule has 5 heteroatoms. The molecule has 0 aromatic rings. The molecule has 0 aromatic carbocycles. The molecule has 2 saturated carbocycles. The van der Waals surface area contributed by atoms with Crippen molar-refractivity contribution >= 4 is 0 Å². The zero-order valence-electron chi connectivity index (χ0n) is 13.5. The Bertz CT molecular complexity index is 342. The fourth-order valence-corrected chi connectivity index (χ4v) is 4.26. The van der Waals surface area contributed by atoms with E-state index in [1.165, 1.54) is 6.92 Å². The first-order valence-electron chi connectivity index (χ1n) is 8.68. The first kappa shape index (κ1) is 18.0. The van der Waals surface area contributed by atoms with Crippen LogP contribution in [0.5, 0.6) is 0 Å². The zero-order valence-corrected chi connectivity index (χ0v) is 13.5. The van der Waals surface area contributed by atoms with Gasteiger partial charge in [-0.15, -0.1) is 0 Å². The van der Waals surface area contributed by atoms with Crippen molar-refractivity contribution in [1.29, 1.82) is 0 Å². The number of alkyl halides is 4. The fourth-order valence-electron chi connectivity index (χ4n) is 4.26. The Labute approximate surface area is 130 Å². The van der Waals surface area contributed by atoms with Gasteiger partial charge in [-0.05, 0) is 57.3 Å². The first-order valence-corrected chi connectivity index (χ1v) is 8.68. The molecule has 2 fully saturated rings. The Morgan fingerprint density at radius 3 is 2.09 bits per heavy atom. The lowest BCUT2D eigenvalue weighted by molar-refractivity contribution is -0.100. The molecule has 0 aliphatic heterocycles. The summed E-state index contributed by atoms with van der Waals surface area (Å²) < 4.78 is 61.3. The molecule has 4 atom stereocenters. The van der Waals surface area contributed by atoms with E-state index in [1.54, 1.807) is 6.92 Å². The lowest BCUT2D eigenvalue weighted by atomic mass is 9.68. The Morgan fingerprint density at radius 1 is 0.909 bits per heavy atom. The van der Waals surface area contributed by atoms with E-state index in [-0.39, 0.29) is 18.3 Å². The Balaban J connectivity index is 1.89. The van der Waals surface area contributed by atoms with Gasteiger partial charge in [-0.1, -0.05) is 6.92 Å². The fraction of sp³-hybridized carbons (Fsp3) is 1.00. The van der Waals surface area contributed by atoms with Crippen molar-refractivity contribution in [3.8, 4) is 0 Å². The highest BCUT2D eigenvalue weighted by molar-refractivity contribution is 4.94. The van der Waals surface area contributed by atoms with E-state index in [9.17, 15) is 17.6 Å². The zero-order chi connectivity index (χ0) is 16.3. The minimum Gasteiger partial charge on any atom is -0.375 e. The first-order chi connectivity index (χ1) is 10.4. The second-order valence-corrected chi connectivity index (χ2v) is 6.85. The van der Waals surface area contributed by atoms with Crippen LogP contribution in [0.3, 0.4) is 0 Å². The quantitative estimate of drug-likeness (QED) is 0.621. The summed E-state index contributed by atoms with van der Waals surface area (Å²) in [6.07, 6.45) is -0.684. The highest BCUT2D eigenvalue weighted by Crippen LogP contribution is 2.46. The molecular weight excluding hydrogens is 296 g/mol. The van der Waals surface area contributed by atoms with Crippen LogP contribution in [0.15, 0.2) is 0 Å². The highest BCUT2D eigenvalue weighted by Gasteiger charge is 2.46. The molecule has 0 N–H and O–H groups in total. The summed E-state index contributed by atoms with van der Waals surface area (Å²) in [5.74, 6) is -3.50. The number of hydrogen-bond donors (Lipinski definition) is 0. The SMILES string of the molecule is CCOC1CCC(C2CCC(C(F)(F)CC)CC2)C(F)C1F. The summed E-state index contributed by atoms with van der Waals surface area (Å²) in [4.78, 5) is 0. The molecule has 0 aromatic heterocycles. The van der Waals surface area contributed by atoms with Gasteiger partial charge in [0.2, 0.25) is 0 Å². The summed E-state index contributed by atoms with van der Waals surface area (Å²) in [5.41, 5.74) is 0. The van der Waals surface area contributed by atoms with Gasteiger partial charge in [0.25, 0.3) is 5.92 Å². The standard InChI is InChI=1S/C17H28F4O/c1-3-17(20,21)12-7-5-11(6-8-12)13-9-10-14(22-4-2)16(19)15(13)18/h11-16H,3-10H2,1-2H3. The van der Waals surface area contributed by atoms with Gasteiger partial charge in [-0.3, -0.25) is 0 Å². The lowest BCUT2D eigenvalue weighted by Crippen LogP contribution is -2.46. The molecule has 4 unspecified atom stereocenters. The molecule has 2 aliphatic carbocycles. The van der Waals surface area contributed by atoms with Gasteiger partial charge in [0, 0.05) is 18.9 Å². The summed E-state index contributed by atoms with van der Waals surface area (Å²) in [7, 11) is 0. The third-order valence-corrected chi connectivity index (χ3v) is 5.68. The highest BCUT2D eigenvalue weighted by atomic mass is 19.3. The molecule has 22 heavy (non-hydrogen) atoms. The predicted molar refractivity (Wildman–Crippen MR) is 78.6 cm³/mol. The van der Waals surface area contributed by atoms with Crippen molar-refractivity contribution in [2.24, 2.45) is 17.8 Å². The molecule has 1 nitrogen and oxygen atoms in total. The average molecular weight is 324 g/mol. The maximum absolute atomic E-state index is 14.4. The van der Waals surface area contributed by atoms with E-state index in [1.807, 2.05) is 0 Å². The van der Waals surface area contributed by atoms with Crippen LogP contribution in [0, 0.1) is 17.8 Å². The van der Waals surface area contributed by atoms with Crippen molar-refractivity contribution in [3.05, 3.63) is 0 Å². The van der Waals surface area contributed by atoms with Crippen LogP contribution < -0.4 is 0 Å². The van der Waals surface area contributed by atoms with Crippen LogP contribution in [0.1, 0.15) is 58.8 Å². The molecule has 0 saturated heterocycles. The Morgan fingerprint density at radius 2 is 1.55 bits per heavy atom. The van der Waals surface area contributed by atoms with E-state index in [0.29, 0.717) is 45.1 Å². The van der Waals surface area contributed by atoms with E-state index >= 15 is 0 Å². The van der Waals surface area contributed by atoms with Crippen LogP contribution in [0.2, 0.25) is 0 Å². The minimum atomic E-state index is -2.62. The molecule has 0 bridgehead atoms. The summed E-state index contributed by atoms with van der Waals surface area (Å²) in [6.45, 7) is 3.67. The maximum atomic E-state index is 14.4. The molecule has 0 spiro atoms. The van der Waals surface area contributed by atoms with Crippen LogP contribution in [-0.2, 0) is 4.74 Å². The normalized spacial score (nSPS) is 40.6. The second-order valence-electron chi connectivity index (χ2n) is 6.85. The molecule has 0 heterocycles. The van der Waals surface area contributed by atoms with E-state index in [2.05, 4.69) is 0 Å². The van der Waals surface area contributed by atoms with Gasteiger partial charge < -0.3 is 4.74 Å². The third kappa shape index (κ3) is 3.77. The van der Waals surface area contributed by atoms with Crippen LogP contribution in [0.4, 0.5) is 17.6 Å². The van der Waals surface area contributed by atoms with Gasteiger partial charge in [0.1, 0.15) is 6.17 Å². The molecule has 2 rings (SSSR count). The van der Waals surface area contributed by atoms with Crippen LogP contribution >= 0.6 is 0 Å². The molecule has 130 valence electrons. The van der Waals surface area contributed by atoms with Gasteiger partial charge in [0.15, 0.2) is 6.17 Å². The Hall–Kier alpha value is -0.320. The topological polar surface area (TPSA) is 9.23 Å². The van der Waals surface area contributed by atoms with Gasteiger partial charge in [-0.2, -0.15) is 0 Å². The van der Waals surface area contributed by atoms with Gasteiger partial charge in [0.05, 0.1) is 6.10 Å². The molecular formula is C17H28F4O. The number of rotatable bonds is 5. The monoisotopic (exact) mass is 324 g/mol. The molecule has 0 radical (unpaired) electrons. The average Bonchev–Trinajstić information content (AvgIpc) is 2.52. The van der Waals surface area contributed by atoms with E-state index < -0.39 is 30.3 Å². The summed E-state index contributed by atoms with van der Waals surface area (Å²) in [6, 6.07) is 0. The van der Waals surface area contributed by atoms with Gasteiger partial charge in [-0.25, -0.2) is 17.6 Å². The molecule has 2 aliphatic rings. The van der Waals surface area contributed by atoms with Crippen molar-refractivity contribution in [2.45, 2.75) is 83.2 Å². The van der Waals surface area contributed by atoms with Crippen LogP contribution in [-0.4, -0.2) is 31.0 Å². The second kappa shape index (κ2) is 7.50. The Kier molecular flexibility index (Phi) is 6.14. The van der Waals surface area contributed by atoms with Crippen molar-refractivity contribution in [1.82, 2.24) is 0 Å². The summed E-state index contributed by atoms with van der Waals surface area (Å²) >= 11 is 0. The van der Waals surface area contributed by atoms with Gasteiger partial charge >= 0.3 is 0 Å². The van der Waals surface area contributed by atoms with Crippen molar-refractivity contribution in [3.63, 3.8) is 0 Å². The van der Waals surface area contributed by atoms with Crippen LogP contribution in [0.25, 0.3) is 0 Å². The predicted octanol–water partition coefficient (Wildman–Crippen LogP) is 5.33. The van der Waals surface area contributed by atoms with Crippen molar-refractivity contribution in [2.75, 3.05) is 6.61 Å². The smallest absolute Gasteiger partial charge is 0.250 e. The maximum Gasteiger partial charge on any atom is 0.250 e. The van der Waals surface area contributed by atoms with E-state index in [4.69, 9.17) is 4.74 Å². The summed E-state index contributed by atoms with van der Waals surface area (Å²) in [5, 5.41) is 0. The number of ether oxygens (including phenoxy) is 1. The lowest BCUT2D eigenvalue weighted by Gasteiger charge is -2.42. The minimum absolute atomic E-state index is 0.0414. The third-order valence-electron chi connectivity index (χ3n) is 5.68. The van der Waals surface area contributed by atoms with Crippen molar-refractivity contribution < 1.29 is 22.3 Å².